The quantitative estimate of drug-likeness (QED) is 0.867. The van der Waals surface area contributed by atoms with Gasteiger partial charge in [0.2, 0.25) is 0 Å². The fraction of sp³-hybridized carbons (Fsp3) is 0.471. The molecule has 0 bridgehead atoms. The molecule has 2 N–H and O–H groups in total. The van der Waals surface area contributed by atoms with Crippen LogP contribution in [0.1, 0.15) is 49.6 Å². The zero-order chi connectivity index (χ0) is 14.1. The van der Waals surface area contributed by atoms with E-state index in [4.69, 9.17) is 0 Å². The monoisotopic (exact) mass is 269 g/mol. The molecule has 0 unspecified atom stereocenters. The van der Waals surface area contributed by atoms with E-state index in [2.05, 4.69) is 54.3 Å². The maximum atomic E-state index is 4.49. The molecule has 0 atom stereocenters. The number of rotatable bonds is 5. The van der Waals surface area contributed by atoms with Crippen LogP contribution >= 0.6 is 0 Å². The van der Waals surface area contributed by atoms with Crippen LogP contribution in [0.3, 0.4) is 0 Å². The first-order valence-electron chi connectivity index (χ1n) is 7.51. The molecule has 0 saturated heterocycles. The molecule has 1 saturated carbocycles. The van der Waals surface area contributed by atoms with Gasteiger partial charge in [-0.2, -0.15) is 0 Å². The van der Waals surface area contributed by atoms with Gasteiger partial charge >= 0.3 is 0 Å². The van der Waals surface area contributed by atoms with E-state index in [1.165, 1.54) is 29.5 Å². The van der Waals surface area contributed by atoms with Gasteiger partial charge in [0.05, 0.1) is 18.4 Å². The largest absolute Gasteiger partial charge is 0.341 e. The van der Waals surface area contributed by atoms with Crippen LogP contribution in [0.25, 0.3) is 11.3 Å². The molecule has 106 valence electrons. The lowest BCUT2D eigenvalue weighted by Gasteiger charge is -2.10. The molecule has 1 aromatic heterocycles. The third-order valence-corrected chi connectivity index (χ3v) is 3.98. The number of aryl methyl sites for hydroxylation is 1. The van der Waals surface area contributed by atoms with Crippen LogP contribution in [-0.2, 0) is 6.54 Å². The molecule has 0 aliphatic heterocycles. The highest BCUT2D eigenvalue weighted by atomic mass is 15.0. The van der Waals surface area contributed by atoms with E-state index in [1.807, 2.05) is 6.20 Å². The fourth-order valence-electron chi connectivity index (χ4n) is 2.41. The molecule has 3 nitrogen and oxygen atoms in total. The van der Waals surface area contributed by atoms with Crippen molar-refractivity contribution in [1.82, 2.24) is 15.3 Å². The number of H-pyrrole nitrogens is 1. The van der Waals surface area contributed by atoms with Crippen molar-refractivity contribution < 1.29 is 0 Å². The van der Waals surface area contributed by atoms with E-state index in [1.54, 1.807) is 0 Å². The van der Waals surface area contributed by atoms with Crippen molar-refractivity contribution >= 4 is 0 Å². The third kappa shape index (κ3) is 2.93. The van der Waals surface area contributed by atoms with Gasteiger partial charge in [-0.05, 0) is 42.9 Å². The number of nitrogens with one attached hydrogen (secondary N) is 2. The fourth-order valence-corrected chi connectivity index (χ4v) is 2.41. The van der Waals surface area contributed by atoms with Gasteiger partial charge in [-0.25, -0.2) is 4.98 Å². The Labute approximate surface area is 120 Å². The molecule has 1 aliphatic carbocycles. The zero-order valence-electron chi connectivity index (χ0n) is 12.5. The standard InChI is InChI=1S/C17H23N3/c1-11(2)13-5-4-12(3)15(8-13)16-9-19-17(20-16)10-18-14-6-7-14/h4-5,8-9,11,14,18H,6-7,10H2,1-3H3,(H,19,20). The van der Waals surface area contributed by atoms with Crippen LogP contribution in [0.4, 0.5) is 0 Å². The number of aromatic amines is 1. The van der Waals surface area contributed by atoms with Crippen molar-refractivity contribution in [3.05, 3.63) is 41.3 Å². The summed E-state index contributed by atoms with van der Waals surface area (Å²) in [6, 6.07) is 7.42. The minimum Gasteiger partial charge on any atom is -0.341 e. The summed E-state index contributed by atoms with van der Waals surface area (Å²) in [6.45, 7) is 7.45. The van der Waals surface area contributed by atoms with Crippen LogP contribution in [0, 0.1) is 6.92 Å². The van der Waals surface area contributed by atoms with Gasteiger partial charge in [0, 0.05) is 11.6 Å². The molecular formula is C17H23N3. The summed E-state index contributed by atoms with van der Waals surface area (Å²) in [6.07, 6.45) is 4.57. The van der Waals surface area contributed by atoms with Gasteiger partial charge < -0.3 is 10.3 Å². The second-order valence-corrected chi connectivity index (χ2v) is 6.13. The van der Waals surface area contributed by atoms with E-state index in [9.17, 15) is 0 Å². The molecule has 0 spiro atoms. The highest BCUT2D eigenvalue weighted by Crippen LogP contribution is 2.26. The first kappa shape index (κ1) is 13.4. The molecule has 20 heavy (non-hydrogen) atoms. The second-order valence-electron chi connectivity index (χ2n) is 6.13. The van der Waals surface area contributed by atoms with Crippen LogP contribution in [-0.4, -0.2) is 16.0 Å². The molecule has 0 radical (unpaired) electrons. The SMILES string of the molecule is Cc1ccc(C(C)C)cc1-c1cnc(CNC2CC2)[nH]1. The zero-order valence-corrected chi connectivity index (χ0v) is 12.5. The van der Waals surface area contributed by atoms with Gasteiger partial charge in [-0.3, -0.25) is 0 Å². The van der Waals surface area contributed by atoms with Gasteiger partial charge in [0.25, 0.3) is 0 Å². The minimum atomic E-state index is 0.549. The van der Waals surface area contributed by atoms with Crippen molar-refractivity contribution in [3.8, 4) is 11.3 Å². The van der Waals surface area contributed by atoms with Gasteiger partial charge in [-0.15, -0.1) is 0 Å². The van der Waals surface area contributed by atoms with Crippen LogP contribution < -0.4 is 5.32 Å². The van der Waals surface area contributed by atoms with E-state index in [0.717, 1.165) is 24.1 Å². The van der Waals surface area contributed by atoms with Crippen LogP contribution in [0.2, 0.25) is 0 Å². The molecule has 3 rings (SSSR count). The summed E-state index contributed by atoms with van der Waals surface area (Å²) in [5, 5.41) is 3.49. The van der Waals surface area contributed by atoms with E-state index >= 15 is 0 Å². The number of hydrogen-bond donors (Lipinski definition) is 2. The normalized spacial score (nSPS) is 15.0. The number of benzene rings is 1. The van der Waals surface area contributed by atoms with Gasteiger partial charge in [0.15, 0.2) is 0 Å². The number of hydrogen-bond acceptors (Lipinski definition) is 2. The maximum Gasteiger partial charge on any atom is 0.120 e. The van der Waals surface area contributed by atoms with Gasteiger partial charge in [-0.1, -0.05) is 26.0 Å². The molecular weight excluding hydrogens is 246 g/mol. The highest BCUT2D eigenvalue weighted by Gasteiger charge is 2.20. The van der Waals surface area contributed by atoms with E-state index < -0.39 is 0 Å². The smallest absolute Gasteiger partial charge is 0.120 e. The van der Waals surface area contributed by atoms with E-state index in [0.29, 0.717) is 5.92 Å². The Morgan fingerprint density at radius 2 is 2.15 bits per heavy atom. The summed E-state index contributed by atoms with van der Waals surface area (Å²) in [5.74, 6) is 1.58. The summed E-state index contributed by atoms with van der Waals surface area (Å²) in [5.41, 5.74) is 5.05. The summed E-state index contributed by atoms with van der Waals surface area (Å²) in [4.78, 5) is 7.94. The third-order valence-electron chi connectivity index (χ3n) is 3.98. The van der Waals surface area contributed by atoms with Crippen molar-refractivity contribution in [2.45, 2.75) is 52.1 Å². The first-order valence-corrected chi connectivity index (χ1v) is 7.51. The van der Waals surface area contributed by atoms with E-state index in [-0.39, 0.29) is 0 Å². The Hall–Kier alpha value is -1.61. The Morgan fingerprint density at radius 3 is 2.85 bits per heavy atom. The van der Waals surface area contributed by atoms with Crippen molar-refractivity contribution in [2.24, 2.45) is 0 Å². The molecule has 0 amide bonds. The lowest BCUT2D eigenvalue weighted by molar-refractivity contribution is 0.664. The van der Waals surface area contributed by atoms with Crippen molar-refractivity contribution in [1.29, 1.82) is 0 Å². The predicted molar refractivity (Wildman–Crippen MR) is 82.7 cm³/mol. The summed E-state index contributed by atoms with van der Waals surface area (Å²) < 4.78 is 0. The molecule has 3 heteroatoms. The van der Waals surface area contributed by atoms with Crippen LogP contribution in [0.15, 0.2) is 24.4 Å². The van der Waals surface area contributed by atoms with Crippen LogP contribution in [0.5, 0.6) is 0 Å². The second kappa shape index (κ2) is 5.41. The molecule has 2 aromatic rings. The molecule has 1 aromatic carbocycles. The Kier molecular flexibility index (Phi) is 3.62. The average molecular weight is 269 g/mol. The molecule has 1 heterocycles. The molecule has 1 fully saturated rings. The maximum absolute atomic E-state index is 4.49. The Bertz CT molecular complexity index is 594. The lowest BCUT2D eigenvalue weighted by Crippen LogP contribution is -2.16. The van der Waals surface area contributed by atoms with Crippen molar-refractivity contribution in [3.63, 3.8) is 0 Å². The van der Waals surface area contributed by atoms with Crippen molar-refractivity contribution in [2.75, 3.05) is 0 Å². The minimum absolute atomic E-state index is 0.549. The number of aromatic nitrogens is 2. The first-order chi connectivity index (χ1) is 9.63. The lowest BCUT2D eigenvalue weighted by atomic mass is 9.97. The molecule has 1 aliphatic rings. The summed E-state index contributed by atoms with van der Waals surface area (Å²) in [7, 11) is 0. The Morgan fingerprint density at radius 1 is 1.35 bits per heavy atom. The topological polar surface area (TPSA) is 40.7 Å². The average Bonchev–Trinajstić information content (AvgIpc) is 3.14. The number of imidazole rings is 1. The highest BCUT2D eigenvalue weighted by molar-refractivity contribution is 5.64. The summed E-state index contributed by atoms with van der Waals surface area (Å²) >= 11 is 0. The van der Waals surface area contributed by atoms with Gasteiger partial charge in [0.1, 0.15) is 5.82 Å². The predicted octanol–water partition coefficient (Wildman–Crippen LogP) is 3.76. The Balaban J connectivity index is 1.82. The number of nitrogens with zero attached hydrogens (tertiary/aromatic N) is 1.